The molecule has 1 aliphatic heterocycles. The molecule has 0 spiro atoms. The summed E-state index contributed by atoms with van der Waals surface area (Å²) in [6.45, 7) is 5.04. The maximum atomic E-state index is 12.9. The topological polar surface area (TPSA) is 103 Å². The molecule has 1 saturated heterocycles. The van der Waals surface area contributed by atoms with E-state index in [0.717, 1.165) is 76.2 Å². The normalized spacial score (nSPS) is 15.9. The molecule has 2 aromatic rings. The zero-order valence-electron chi connectivity index (χ0n) is 20.1. The van der Waals surface area contributed by atoms with E-state index in [1.54, 1.807) is 24.3 Å². The Balaban J connectivity index is 1.37. The predicted molar refractivity (Wildman–Crippen MR) is 134 cm³/mol. The van der Waals surface area contributed by atoms with Gasteiger partial charge in [0.25, 0.3) is 0 Å². The number of thioether (sulfide) groups is 1. The number of carbonyl (C=O) groups is 2. The average Bonchev–Trinajstić information content (AvgIpc) is 2.89. The van der Waals surface area contributed by atoms with Gasteiger partial charge in [-0.05, 0) is 56.4 Å². The fourth-order valence-electron chi connectivity index (χ4n) is 4.51. The molecule has 2 aliphatic rings. The Labute approximate surface area is 209 Å². The van der Waals surface area contributed by atoms with Crippen LogP contribution >= 0.6 is 11.8 Å². The summed E-state index contributed by atoms with van der Waals surface area (Å²) in [4.78, 5) is 43.7. The molecule has 1 amide bonds. The Morgan fingerprint density at radius 2 is 1.86 bits per heavy atom. The van der Waals surface area contributed by atoms with Crippen molar-refractivity contribution in [3.8, 4) is 0 Å². The highest BCUT2D eigenvalue weighted by Crippen LogP contribution is 2.28. The van der Waals surface area contributed by atoms with Crippen molar-refractivity contribution in [1.29, 1.82) is 0 Å². The van der Waals surface area contributed by atoms with Gasteiger partial charge < -0.3 is 14.8 Å². The minimum atomic E-state index is -0.426. The summed E-state index contributed by atoms with van der Waals surface area (Å²) in [5, 5.41) is 3.50. The average molecular weight is 501 g/mol. The van der Waals surface area contributed by atoms with Gasteiger partial charge in [-0.2, -0.15) is 4.98 Å². The van der Waals surface area contributed by atoms with E-state index >= 15 is 0 Å². The number of nitrogens with one attached hydrogen (secondary N) is 1. The number of amides is 1. The molecule has 0 unspecified atom stereocenters. The fraction of sp³-hybridized carbons (Fsp3) is 0.520. The number of anilines is 1. The lowest BCUT2D eigenvalue weighted by Gasteiger charge is -2.27. The molecule has 1 aliphatic carbocycles. The number of benzene rings is 1. The van der Waals surface area contributed by atoms with Crippen LogP contribution in [-0.4, -0.2) is 72.0 Å². The molecule has 4 rings (SSSR count). The third-order valence-electron chi connectivity index (χ3n) is 6.34. The van der Waals surface area contributed by atoms with Crippen molar-refractivity contribution in [3.63, 3.8) is 0 Å². The fourth-order valence-corrected chi connectivity index (χ4v) is 5.39. The van der Waals surface area contributed by atoms with Crippen LogP contribution in [-0.2, 0) is 33.7 Å². The van der Waals surface area contributed by atoms with Gasteiger partial charge in [-0.3, -0.25) is 14.3 Å². The lowest BCUT2D eigenvalue weighted by atomic mass is 9.97. The van der Waals surface area contributed by atoms with E-state index < -0.39 is 5.97 Å². The van der Waals surface area contributed by atoms with Gasteiger partial charge >= 0.3 is 11.7 Å². The number of ether oxygens (including phenoxy) is 2. The van der Waals surface area contributed by atoms with Gasteiger partial charge in [0, 0.05) is 43.1 Å². The van der Waals surface area contributed by atoms with Crippen molar-refractivity contribution >= 4 is 29.3 Å². The molecule has 2 heterocycles. The predicted octanol–water partition coefficient (Wildman–Crippen LogP) is 2.36. The highest BCUT2D eigenvalue weighted by Gasteiger charge is 2.21. The number of morpholine rings is 1. The molecule has 188 valence electrons. The minimum absolute atomic E-state index is 0.151. The molecule has 0 radical (unpaired) electrons. The molecule has 0 atom stereocenters. The van der Waals surface area contributed by atoms with Crippen molar-refractivity contribution in [2.75, 3.05) is 51.0 Å². The van der Waals surface area contributed by atoms with Crippen molar-refractivity contribution in [2.24, 2.45) is 0 Å². The third-order valence-corrected chi connectivity index (χ3v) is 7.36. The van der Waals surface area contributed by atoms with Crippen LogP contribution in [0.3, 0.4) is 0 Å². The Hall–Kier alpha value is -2.69. The van der Waals surface area contributed by atoms with Gasteiger partial charge in [-0.25, -0.2) is 9.59 Å². The number of carbonyl (C=O) groups excluding carboxylic acids is 2. The minimum Gasteiger partial charge on any atom is -0.465 e. The van der Waals surface area contributed by atoms with E-state index in [4.69, 9.17) is 4.74 Å². The van der Waals surface area contributed by atoms with Crippen LogP contribution in [0.25, 0.3) is 0 Å². The lowest BCUT2D eigenvalue weighted by molar-refractivity contribution is -0.113. The largest absolute Gasteiger partial charge is 0.465 e. The van der Waals surface area contributed by atoms with Crippen LogP contribution in [0.4, 0.5) is 5.69 Å². The molecule has 0 saturated carbocycles. The number of esters is 1. The molecule has 10 heteroatoms. The van der Waals surface area contributed by atoms with Crippen molar-refractivity contribution in [1.82, 2.24) is 14.5 Å². The lowest BCUT2D eigenvalue weighted by Crippen LogP contribution is -2.38. The van der Waals surface area contributed by atoms with Crippen LogP contribution in [0.5, 0.6) is 0 Å². The van der Waals surface area contributed by atoms with Crippen LogP contribution in [0, 0.1) is 0 Å². The maximum absolute atomic E-state index is 12.9. The monoisotopic (exact) mass is 500 g/mol. The van der Waals surface area contributed by atoms with E-state index in [1.807, 2.05) is 4.57 Å². The first-order valence-corrected chi connectivity index (χ1v) is 13.1. The standard InChI is InChI=1S/C25H32N4O5S/c1-33-24(31)18-7-9-19(10-8-18)26-22(30)17-35-23-20-5-2-3-6-21(20)29(25(32)27-23)12-4-11-28-13-15-34-16-14-28/h7-10H,2-6,11-17H2,1H3,(H,26,30). The molecule has 0 bridgehead atoms. The first-order chi connectivity index (χ1) is 17.0. The number of hydrogen-bond acceptors (Lipinski definition) is 8. The van der Waals surface area contributed by atoms with Crippen LogP contribution in [0.2, 0.25) is 0 Å². The highest BCUT2D eigenvalue weighted by molar-refractivity contribution is 8.00. The van der Waals surface area contributed by atoms with Gasteiger partial charge in [0.1, 0.15) is 5.03 Å². The summed E-state index contributed by atoms with van der Waals surface area (Å²) >= 11 is 1.31. The van der Waals surface area contributed by atoms with Crippen molar-refractivity contribution in [2.45, 2.75) is 43.7 Å². The van der Waals surface area contributed by atoms with Gasteiger partial charge in [0.05, 0.1) is 31.6 Å². The molecular weight excluding hydrogens is 468 g/mol. The van der Waals surface area contributed by atoms with E-state index in [2.05, 4.69) is 19.9 Å². The molecule has 1 aromatic carbocycles. The van der Waals surface area contributed by atoms with Crippen LogP contribution in [0.1, 0.15) is 40.9 Å². The van der Waals surface area contributed by atoms with Gasteiger partial charge in [0.2, 0.25) is 5.91 Å². The molecule has 9 nitrogen and oxygen atoms in total. The molecule has 1 aromatic heterocycles. The van der Waals surface area contributed by atoms with E-state index in [1.165, 1.54) is 18.9 Å². The maximum Gasteiger partial charge on any atom is 0.348 e. The van der Waals surface area contributed by atoms with Crippen LogP contribution < -0.4 is 11.0 Å². The second-order valence-corrected chi connectivity index (χ2v) is 9.66. The smallest absolute Gasteiger partial charge is 0.348 e. The SMILES string of the molecule is COC(=O)c1ccc(NC(=O)CSc2nc(=O)n(CCCN3CCOCC3)c3c2CCCC3)cc1. The Bertz CT molecular complexity index is 1100. The first-order valence-electron chi connectivity index (χ1n) is 12.1. The Kier molecular flexibility index (Phi) is 8.95. The second-order valence-electron chi connectivity index (χ2n) is 8.70. The Morgan fingerprint density at radius 1 is 1.11 bits per heavy atom. The van der Waals surface area contributed by atoms with E-state index in [9.17, 15) is 14.4 Å². The molecular formula is C25H32N4O5S. The van der Waals surface area contributed by atoms with Gasteiger partial charge in [-0.15, -0.1) is 0 Å². The van der Waals surface area contributed by atoms with Gasteiger partial charge in [0.15, 0.2) is 0 Å². The Morgan fingerprint density at radius 3 is 2.60 bits per heavy atom. The molecule has 1 fully saturated rings. The second kappa shape index (κ2) is 12.3. The summed E-state index contributed by atoms with van der Waals surface area (Å²) in [7, 11) is 1.33. The zero-order chi connectivity index (χ0) is 24.6. The number of methoxy groups -OCH3 is 1. The third kappa shape index (κ3) is 6.71. The van der Waals surface area contributed by atoms with Crippen molar-refractivity contribution < 1.29 is 19.1 Å². The summed E-state index contributed by atoms with van der Waals surface area (Å²) in [6, 6.07) is 6.52. The zero-order valence-corrected chi connectivity index (χ0v) is 20.9. The van der Waals surface area contributed by atoms with Crippen LogP contribution in [0.15, 0.2) is 34.1 Å². The summed E-state index contributed by atoms with van der Waals surface area (Å²) in [6.07, 6.45) is 4.78. The number of hydrogen-bond donors (Lipinski definition) is 1. The number of rotatable bonds is 9. The quantitative estimate of drug-likeness (QED) is 0.318. The van der Waals surface area contributed by atoms with E-state index in [0.29, 0.717) is 22.8 Å². The number of nitrogens with zero attached hydrogens (tertiary/aromatic N) is 3. The summed E-state index contributed by atoms with van der Waals surface area (Å²) in [5.41, 5.74) is 2.98. The highest BCUT2D eigenvalue weighted by atomic mass is 32.2. The summed E-state index contributed by atoms with van der Waals surface area (Å²) < 4.78 is 11.9. The van der Waals surface area contributed by atoms with Gasteiger partial charge in [-0.1, -0.05) is 11.8 Å². The molecule has 1 N–H and O–H groups in total. The number of aromatic nitrogens is 2. The first kappa shape index (κ1) is 25.4. The van der Waals surface area contributed by atoms with Crippen molar-refractivity contribution in [3.05, 3.63) is 51.6 Å². The number of fused-ring (bicyclic) bond motifs is 1. The summed E-state index contributed by atoms with van der Waals surface area (Å²) in [5.74, 6) is -0.467. The molecule has 35 heavy (non-hydrogen) atoms. The van der Waals surface area contributed by atoms with E-state index in [-0.39, 0.29) is 17.3 Å².